The molecular weight excluding hydrogens is 328 g/mol. The van der Waals surface area contributed by atoms with Crippen molar-refractivity contribution in [1.82, 2.24) is 5.43 Å². The Morgan fingerprint density at radius 1 is 1.04 bits per heavy atom. The number of halogens is 3. The Hall–Kier alpha value is -2.80. The Labute approximate surface area is 135 Å². The molecule has 0 aromatic heterocycles. The number of rotatable bonds is 3. The third kappa shape index (κ3) is 4.86. The summed E-state index contributed by atoms with van der Waals surface area (Å²) in [6.45, 7) is 0. The minimum absolute atomic E-state index is 0.166. The van der Waals surface area contributed by atoms with Gasteiger partial charge in [-0.25, -0.2) is 14.2 Å². The van der Waals surface area contributed by atoms with E-state index in [1.807, 2.05) is 5.43 Å². The highest BCUT2D eigenvalue weighted by Gasteiger charge is 2.13. The van der Waals surface area contributed by atoms with Gasteiger partial charge in [-0.05, 0) is 35.9 Å². The van der Waals surface area contributed by atoms with Crippen LogP contribution >= 0.6 is 11.6 Å². The number of hydrogen-bond donors (Lipinski definition) is 2. The molecule has 2 aromatic rings. The van der Waals surface area contributed by atoms with Crippen molar-refractivity contribution in [1.29, 1.82) is 0 Å². The Morgan fingerprint density at radius 3 is 2.39 bits per heavy atom. The molecule has 23 heavy (non-hydrogen) atoms. The topological polar surface area (TPSA) is 70.6 Å². The van der Waals surface area contributed by atoms with Gasteiger partial charge in [-0.1, -0.05) is 23.7 Å². The summed E-state index contributed by atoms with van der Waals surface area (Å²) in [4.78, 5) is 23.2. The van der Waals surface area contributed by atoms with Crippen LogP contribution in [0, 0.1) is 11.6 Å². The normalized spacial score (nSPS) is 10.6. The van der Waals surface area contributed by atoms with E-state index in [0.29, 0.717) is 5.56 Å². The first kappa shape index (κ1) is 16.6. The fraction of sp³-hybridized carbons (Fsp3) is 0. The fourth-order valence-corrected chi connectivity index (χ4v) is 1.71. The van der Waals surface area contributed by atoms with Crippen molar-refractivity contribution >= 4 is 35.3 Å². The highest BCUT2D eigenvalue weighted by Crippen LogP contribution is 2.19. The second-order valence-corrected chi connectivity index (χ2v) is 4.74. The molecule has 0 saturated heterocycles. The number of benzene rings is 2. The number of nitrogens with one attached hydrogen (secondary N) is 2. The lowest BCUT2D eigenvalue weighted by atomic mass is 10.2. The molecule has 2 aromatic carbocycles. The van der Waals surface area contributed by atoms with Gasteiger partial charge in [0.2, 0.25) is 0 Å². The Morgan fingerprint density at radius 2 is 1.74 bits per heavy atom. The number of hydrazone groups is 1. The molecule has 0 saturated carbocycles. The second kappa shape index (κ2) is 7.46. The van der Waals surface area contributed by atoms with Crippen molar-refractivity contribution in [3.05, 3.63) is 64.7 Å². The maximum absolute atomic E-state index is 13.0. The molecule has 0 fully saturated rings. The molecule has 0 atom stereocenters. The van der Waals surface area contributed by atoms with E-state index in [4.69, 9.17) is 11.6 Å². The largest absolute Gasteiger partial charge is 0.329 e. The quantitative estimate of drug-likeness (QED) is 0.513. The first-order valence-electron chi connectivity index (χ1n) is 6.31. The third-order valence-electron chi connectivity index (χ3n) is 2.63. The van der Waals surface area contributed by atoms with E-state index in [2.05, 4.69) is 10.4 Å². The van der Waals surface area contributed by atoms with Crippen LogP contribution < -0.4 is 10.7 Å². The summed E-state index contributed by atoms with van der Waals surface area (Å²) in [5.41, 5.74) is 2.71. The smallest absolute Gasteiger partial charge is 0.318 e. The zero-order valence-electron chi connectivity index (χ0n) is 11.5. The SMILES string of the molecule is O=C(N/N=C/c1ccc(F)cc1)C(=O)Nc1ccc(F)c(Cl)c1. The molecule has 0 aliphatic heterocycles. The van der Waals surface area contributed by atoms with Gasteiger partial charge in [0.25, 0.3) is 0 Å². The van der Waals surface area contributed by atoms with Crippen LogP contribution in [0.4, 0.5) is 14.5 Å². The molecule has 0 aliphatic carbocycles. The molecule has 0 radical (unpaired) electrons. The molecule has 0 unspecified atom stereocenters. The van der Waals surface area contributed by atoms with Crippen molar-refractivity contribution in [2.75, 3.05) is 5.32 Å². The van der Waals surface area contributed by atoms with E-state index >= 15 is 0 Å². The van der Waals surface area contributed by atoms with Crippen molar-refractivity contribution in [2.24, 2.45) is 5.10 Å². The van der Waals surface area contributed by atoms with Crippen molar-refractivity contribution in [3.8, 4) is 0 Å². The molecule has 5 nitrogen and oxygen atoms in total. The van der Waals surface area contributed by atoms with Gasteiger partial charge in [-0.2, -0.15) is 5.10 Å². The molecule has 2 rings (SSSR count). The number of amides is 2. The van der Waals surface area contributed by atoms with Crippen molar-refractivity contribution in [3.63, 3.8) is 0 Å². The zero-order valence-corrected chi connectivity index (χ0v) is 12.3. The van der Waals surface area contributed by atoms with Crippen LogP contribution in [0.1, 0.15) is 5.56 Å². The summed E-state index contributed by atoms with van der Waals surface area (Å²) in [7, 11) is 0. The van der Waals surface area contributed by atoms with E-state index < -0.39 is 23.4 Å². The summed E-state index contributed by atoms with van der Waals surface area (Å²) in [5.74, 6) is -3.06. The minimum Gasteiger partial charge on any atom is -0.318 e. The average Bonchev–Trinajstić information content (AvgIpc) is 2.52. The van der Waals surface area contributed by atoms with Crippen molar-refractivity contribution in [2.45, 2.75) is 0 Å². The summed E-state index contributed by atoms with van der Waals surface area (Å²) in [6.07, 6.45) is 1.25. The number of carbonyl (C=O) groups is 2. The van der Waals surface area contributed by atoms with Gasteiger partial charge in [0.15, 0.2) is 0 Å². The molecule has 2 N–H and O–H groups in total. The summed E-state index contributed by atoms with van der Waals surface area (Å²) >= 11 is 5.56. The summed E-state index contributed by atoms with van der Waals surface area (Å²) in [5, 5.41) is 5.63. The Kier molecular flexibility index (Phi) is 5.37. The Balaban J connectivity index is 1.90. The number of carbonyl (C=O) groups excluding carboxylic acids is 2. The monoisotopic (exact) mass is 337 g/mol. The minimum atomic E-state index is -1.02. The first-order valence-corrected chi connectivity index (χ1v) is 6.68. The number of nitrogens with zero attached hydrogens (tertiary/aromatic N) is 1. The standard InChI is InChI=1S/C15H10ClF2N3O2/c16-12-7-11(5-6-13(12)18)20-14(22)15(23)21-19-8-9-1-3-10(17)4-2-9/h1-8H,(H,20,22)(H,21,23)/b19-8+. The van der Waals surface area contributed by atoms with Gasteiger partial charge >= 0.3 is 11.8 Å². The predicted molar refractivity (Wildman–Crippen MR) is 82.2 cm³/mol. The zero-order chi connectivity index (χ0) is 16.8. The van der Waals surface area contributed by atoms with Crippen LogP contribution in [0.3, 0.4) is 0 Å². The number of hydrogen-bond acceptors (Lipinski definition) is 3. The molecule has 0 heterocycles. The highest BCUT2D eigenvalue weighted by atomic mass is 35.5. The van der Waals surface area contributed by atoms with E-state index in [0.717, 1.165) is 6.07 Å². The van der Waals surface area contributed by atoms with Gasteiger partial charge in [-0.3, -0.25) is 9.59 Å². The predicted octanol–water partition coefficient (Wildman–Crippen LogP) is 2.71. The van der Waals surface area contributed by atoms with Gasteiger partial charge in [0, 0.05) is 5.69 Å². The van der Waals surface area contributed by atoms with E-state index in [-0.39, 0.29) is 10.7 Å². The summed E-state index contributed by atoms with van der Waals surface area (Å²) < 4.78 is 25.7. The van der Waals surface area contributed by atoms with E-state index in [9.17, 15) is 18.4 Å². The number of anilines is 1. The molecule has 0 spiro atoms. The maximum atomic E-state index is 13.0. The lowest BCUT2D eigenvalue weighted by molar-refractivity contribution is -0.136. The lowest BCUT2D eigenvalue weighted by Gasteiger charge is -2.04. The first-order chi connectivity index (χ1) is 11.0. The highest BCUT2D eigenvalue weighted by molar-refractivity contribution is 6.39. The van der Waals surface area contributed by atoms with Crippen LogP contribution in [0.25, 0.3) is 0 Å². The molecule has 118 valence electrons. The third-order valence-corrected chi connectivity index (χ3v) is 2.92. The van der Waals surface area contributed by atoms with Crippen LogP contribution in [0.5, 0.6) is 0 Å². The maximum Gasteiger partial charge on any atom is 0.329 e. The van der Waals surface area contributed by atoms with Gasteiger partial charge in [0.05, 0.1) is 11.2 Å². The second-order valence-electron chi connectivity index (χ2n) is 4.33. The van der Waals surface area contributed by atoms with Gasteiger partial charge in [0.1, 0.15) is 11.6 Å². The molecule has 0 bridgehead atoms. The molecule has 2 amide bonds. The Bertz CT molecular complexity index is 764. The molecule has 8 heteroatoms. The van der Waals surface area contributed by atoms with E-state index in [1.165, 1.54) is 42.6 Å². The van der Waals surface area contributed by atoms with E-state index in [1.54, 1.807) is 0 Å². The van der Waals surface area contributed by atoms with Gasteiger partial charge < -0.3 is 5.32 Å². The van der Waals surface area contributed by atoms with Crippen molar-refractivity contribution < 1.29 is 18.4 Å². The van der Waals surface area contributed by atoms with Crippen LogP contribution in [-0.4, -0.2) is 18.0 Å². The molecular formula is C15H10ClF2N3O2. The lowest BCUT2D eigenvalue weighted by Crippen LogP contribution is -2.32. The fourth-order valence-electron chi connectivity index (χ4n) is 1.53. The summed E-state index contributed by atoms with van der Waals surface area (Å²) in [6, 6.07) is 8.85. The van der Waals surface area contributed by atoms with Gasteiger partial charge in [-0.15, -0.1) is 0 Å². The average molecular weight is 338 g/mol. The van der Waals surface area contributed by atoms with Crippen LogP contribution in [-0.2, 0) is 9.59 Å². The molecule has 0 aliphatic rings. The van der Waals surface area contributed by atoms with Crippen LogP contribution in [0.15, 0.2) is 47.6 Å². The van der Waals surface area contributed by atoms with Crippen LogP contribution in [0.2, 0.25) is 5.02 Å².